The van der Waals surface area contributed by atoms with E-state index in [-0.39, 0.29) is 5.91 Å². The molecule has 0 aliphatic carbocycles. The Bertz CT molecular complexity index is 561. The smallest absolute Gasteiger partial charge is 0.257 e. The van der Waals surface area contributed by atoms with Crippen molar-refractivity contribution in [3.8, 4) is 0 Å². The van der Waals surface area contributed by atoms with Gasteiger partial charge in [-0.05, 0) is 50.5 Å². The molecule has 1 aromatic rings. The first kappa shape index (κ1) is 16.1. The predicted molar refractivity (Wildman–Crippen MR) is 91.0 cm³/mol. The number of hydrogen-bond acceptors (Lipinski definition) is 4. The maximum atomic E-state index is 13.0. The van der Waals surface area contributed by atoms with Gasteiger partial charge in [0, 0.05) is 38.8 Å². The van der Waals surface area contributed by atoms with Gasteiger partial charge in [-0.3, -0.25) is 9.89 Å². The Morgan fingerprint density at radius 3 is 3.08 bits per heavy atom. The summed E-state index contributed by atoms with van der Waals surface area (Å²) in [4.78, 5) is 15.1. The van der Waals surface area contributed by atoms with Gasteiger partial charge in [0.2, 0.25) is 0 Å². The van der Waals surface area contributed by atoms with Gasteiger partial charge in [-0.2, -0.15) is 5.10 Å². The quantitative estimate of drug-likeness (QED) is 0.881. The van der Waals surface area contributed by atoms with Crippen LogP contribution in [-0.2, 0) is 4.74 Å². The molecule has 24 heavy (non-hydrogen) atoms. The fourth-order valence-electron chi connectivity index (χ4n) is 4.53. The number of nitrogens with one attached hydrogen (secondary N) is 2. The lowest BCUT2D eigenvalue weighted by Gasteiger charge is -2.34. The van der Waals surface area contributed by atoms with Gasteiger partial charge in [0.25, 0.3) is 5.91 Å². The summed E-state index contributed by atoms with van der Waals surface area (Å²) in [5.41, 5.74) is 1.81. The predicted octanol–water partition coefficient (Wildman–Crippen LogP) is 1.77. The van der Waals surface area contributed by atoms with Crippen LogP contribution in [0.15, 0.2) is 6.20 Å². The lowest BCUT2D eigenvalue weighted by Crippen LogP contribution is -2.40. The monoisotopic (exact) mass is 332 g/mol. The highest BCUT2D eigenvalue weighted by molar-refractivity contribution is 5.95. The van der Waals surface area contributed by atoms with Crippen LogP contribution >= 0.6 is 0 Å². The second kappa shape index (κ2) is 7.23. The largest absolute Gasteiger partial charge is 0.381 e. The summed E-state index contributed by atoms with van der Waals surface area (Å²) in [6.07, 6.45) is 7.55. The van der Waals surface area contributed by atoms with Crippen molar-refractivity contribution in [1.29, 1.82) is 0 Å². The SMILES string of the molecule is O=C(c1cn[nH]c1C1CCNC1)N1CCCC(CC2CCOC2)C1. The molecule has 132 valence electrons. The number of aromatic amines is 1. The van der Waals surface area contributed by atoms with Crippen LogP contribution in [0.2, 0.25) is 0 Å². The van der Waals surface area contributed by atoms with E-state index >= 15 is 0 Å². The molecule has 2 N–H and O–H groups in total. The first-order valence-electron chi connectivity index (χ1n) is 9.42. The Morgan fingerprint density at radius 2 is 2.29 bits per heavy atom. The molecule has 1 amide bonds. The van der Waals surface area contributed by atoms with E-state index < -0.39 is 0 Å². The average molecular weight is 332 g/mol. The van der Waals surface area contributed by atoms with Crippen molar-refractivity contribution in [3.05, 3.63) is 17.5 Å². The molecule has 1 aromatic heterocycles. The van der Waals surface area contributed by atoms with E-state index in [1.807, 2.05) is 0 Å². The highest BCUT2D eigenvalue weighted by Gasteiger charge is 2.31. The molecule has 3 aliphatic heterocycles. The van der Waals surface area contributed by atoms with Crippen molar-refractivity contribution < 1.29 is 9.53 Å². The van der Waals surface area contributed by atoms with Crippen LogP contribution in [0.3, 0.4) is 0 Å². The molecular formula is C18H28N4O2. The van der Waals surface area contributed by atoms with Gasteiger partial charge in [0.05, 0.1) is 17.5 Å². The Balaban J connectivity index is 1.41. The van der Waals surface area contributed by atoms with Crippen LogP contribution in [0.25, 0.3) is 0 Å². The molecule has 6 heteroatoms. The van der Waals surface area contributed by atoms with Gasteiger partial charge in [-0.1, -0.05) is 0 Å². The number of likely N-dealkylation sites (tertiary alicyclic amines) is 1. The molecule has 3 saturated heterocycles. The normalized spacial score (nSPS) is 30.8. The maximum Gasteiger partial charge on any atom is 0.257 e. The molecule has 3 unspecified atom stereocenters. The Labute approximate surface area is 143 Å². The molecular weight excluding hydrogens is 304 g/mol. The van der Waals surface area contributed by atoms with Crippen LogP contribution in [0, 0.1) is 11.8 Å². The molecule has 4 rings (SSSR count). The Morgan fingerprint density at radius 1 is 1.33 bits per heavy atom. The molecule has 4 heterocycles. The van der Waals surface area contributed by atoms with Gasteiger partial charge in [0.15, 0.2) is 0 Å². The Hall–Kier alpha value is -1.40. The van der Waals surface area contributed by atoms with E-state index in [9.17, 15) is 4.79 Å². The highest BCUT2D eigenvalue weighted by atomic mass is 16.5. The van der Waals surface area contributed by atoms with Gasteiger partial charge in [0.1, 0.15) is 0 Å². The summed E-state index contributed by atoms with van der Waals surface area (Å²) in [7, 11) is 0. The average Bonchev–Trinajstić information content (AvgIpc) is 3.35. The van der Waals surface area contributed by atoms with Gasteiger partial charge in [-0.25, -0.2) is 0 Å². The van der Waals surface area contributed by atoms with Crippen LogP contribution in [0.4, 0.5) is 0 Å². The fraction of sp³-hybridized carbons (Fsp3) is 0.778. The standard InChI is InChI=1S/C18H28N4O2/c23-18(16-10-20-21-17(16)15-3-5-19-9-15)22-6-1-2-13(11-22)8-14-4-7-24-12-14/h10,13-15,19H,1-9,11-12H2,(H,20,21). The summed E-state index contributed by atoms with van der Waals surface area (Å²) >= 11 is 0. The minimum atomic E-state index is 0.165. The van der Waals surface area contributed by atoms with E-state index in [4.69, 9.17) is 4.74 Å². The van der Waals surface area contributed by atoms with Crippen molar-refractivity contribution in [2.45, 2.75) is 38.0 Å². The minimum Gasteiger partial charge on any atom is -0.381 e. The number of nitrogens with zero attached hydrogens (tertiary/aromatic N) is 2. The second-order valence-electron chi connectivity index (χ2n) is 7.61. The van der Waals surface area contributed by atoms with E-state index in [0.29, 0.717) is 17.8 Å². The number of piperidine rings is 1. The van der Waals surface area contributed by atoms with Crippen LogP contribution in [0.1, 0.15) is 54.1 Å². The third kappa shape index (κ3) is 3.35. The zero-order valence-corrected chi connectivity index (χ0v) is 14.3. The van der Waals surface area contributed by atoms with Crippen molar-refractivity contribution in [2.24, 2.45) is 11.8 Å². The maximum absolute atomic E-state index is 13.0. The van der Waals surface area contributed by atoms with Crippen molar-refractivity contribution in [2.75, 3.05) is 39.4 Å². The van der Waals surface area contributed by atoms with Crippen LogP contribution in [-0.4, -0.2) is 60.4 Å². The number of carbonyl (C=O) groups is 1. The van der Waals surface area contributed by atoms with E-state index in [0.717, 1.165) is 63.5 Å². The third-order valence-corrected chi connectivity index (χ3v) is 5.86. The number of ether oxygens (including phenoxy) is 1. The first-order chi connectivity index (χ1) is 11.8. The number of rotatable bonds is 4. The molecule has 3 fully saturated rings. The lowest BCUT2D eigenvalue weighted by molar-refractivity contribution is 0.0652. The molecule has 0 radical (unpaired) electrons. The van der Waals surface area contributed by atoms with Crippen LogP contribution < -0.4 is 5.32 Å². The molecule has 3 atom stereocenters. The van der Waals surface area contributed by atoms with E-state index in [1.54, 1.807) is 6.20 Å². The number of hydrogen-bond donors (Lipinski definition) is 2. The number of aromatic nitrogens is 2. The van der Waals surface area contributed by atoms with E-state index in [1.165, 1.54) is 19.3 Å². The zero-order valence-electron chi connectivity index (χ0n) is 14.3. The zero-order chi connectivity index (χ0) is 16.4. The van der Waals surface area contributed by atoms with Crippen LogP contribution in [0.5, 0.6) is 0 Å². The molecule has 0 saturated carbocycles. The summed E-state index contributed by atoms with van der Waals surface area (Å²) < 4.78 is 5.51. The third-order valence-electron chi connectivity index (χ3n) is 5.86. The molecule has 0 bridgehead atoms. The fourth-order valence-corrected chi connectivity index (χ4v) is 4.53. The number of H-pyrrole nitrogens is 1. The summed E-state index contributed by atoms with van der Waals surface area (Å²) in [6.45, 7) is 5.55. The first-order valence-corrected chi connectivity index (χ1v) is 9.42. The summed E-state index contributed by atoms with van der Waals surface area (Å²) in [5.74, 6) is 1.87. The molecule has 6 nitrogen and oxygen atoms in total. The second-order valence-corrected chi connectivity index (χ2v) is 7.61. The highest BCUT2D eigenvalue weighted by Crippen LogP contribution is 2.29. The Kier molecular flexibility index (Phi) is 4.85. The topological polar surface area (TPSA) is 70.2 Å². The lowest BCUT2D eigenvalue weighted by atomic mass is 9.87. The van der Waals surface area contributed by atoms with Crippen molar-refractivity contribution >= 4 is 5.91 Å². The summed E-state index contributed by atoms with van der Waals surface area (Å²) in [5, 5.41) is 10.6. The number of amides is 1. The molecule has 3 aliphatic rings. The van der Waals surface area contributed by atoms with Crippen molar-refractivity contribution in [1.82, 2.24) is 20.4 Å². The van der Waals surface area contributed by atoms with E-state index in [2.05, 4.69) is 20.4 Å². The molecule has 0 aromatic carbocycles. The number of carbonyl (C=O) groups excluding carboxylic acids is 1. The molecule has 0 spiro atoms. The minimum absolute atomic E-state index is 0.165. The van der Waals surface area contributed by atoms with Gasteiger partial charge in [-0.15, -0.1) is 0 Å². The van der Waals surface area contributed by atoms with Crippen molar-refractivity contribution in [3.63, 3.8) is 0 Å². The van der Waals surface area contributed by atoms with Gasteiger partial charge < -0.3 is 15.0 Å². The van der Waals surface area contributed by atoms with Gasteiger partial charge >= 0.3 is 0 Å². The summed E-state index contributed by atoms with van der Waals surface area (Å²) in [6, 6.07) is 0.